The van der Waals surface area contributed by atoms with Gasteiger partial charge in [0.2, 0.25) is 0 Å². The molecule has 0 saturated heterocycles. The molecular weight excluding hydrogens is 609 g/mol. The van der Waals surface area contributed by atoms with E-state index in [1.165, 1.54) is 42.5 Å². The van der Waals surface area contributed by atoms with Crippen LogP contribution in [-0.4, -0.2) is 68.9 Å². The summed E-state index contributed by atoms with van der Waals surface area (Å²) < 4.78 is 42.3. The first kappa shape index (κ1) is 35.1. The molecule has 0 spiro atoms. The number of amides is 1. The fraction of sp³-hybridized carbons (Fsp3) is 0.143. The molecule has 0 radical (unpaired) electrons. The molecule has 0 fully saturated rings. The number of hydrogen-bond acceptors (Lipinski definition) is 8. The van der Waals surface area contributed by atoms with E-state index in [2.05, 4.69) is 5.32 Å². The number of hydrogen-bond donors (Lipinski definition) is 6. The van der Waals surface area contributed by atoms with E-state index in [1.807, 2.05) is 0 Å². The third kappa shape index (κ3) is 12.3. The minimum Gasteiger partial charge on any atom is -0.480 e. The van der Waals surface area contributed by atoms with Crippen LogP contribution in [0.2, 0.25) is 0 Å². The Balaban J connectivity index is 0.000000900. The van der Waals surface area contributed by atoms with E-state index >= 15 is 0 Å². The zero-order chi connectivity index (χ0) is 33.7. The number of ether oxygens (including phenoxy) is 2. The molecule has 1 amide bonds. The first-order valence-electron chi connectivity index (χ1n) is 12.3. The summed E-state index contributed by atoms with van der Waals surface area (Å²) in [7, 11) is 0. The van der Waals surface area contributed by atoms with Gasteiger partial charge in [-0.3, -0.25) is 15.1 Å². The smallest absolute Gasteiger partial charge is 0.480 e. The topological polar surface area (TPSA) is 230 Å². The highest BCUT2D eigenvalue weighted by atomic mass is 19.4. The SMILES string of the molecule is N=C(N)Nc1ccc(C(=O)Oc2ccc(COC(=O)N(CC(=O)O)Cc3cccc(C(=O)O)c3)cc2)cc1.O=C(O)C(F)(F)F. The molecule has 0 aliphatic heterocycles. The van der Waals surface area contributed by atoms with E-state index in [0.717, 1.165) is 4.90 Å². The lowest BCUT2D eigenvalue weighted by Gasteiger charge is -2.20. The van der Waals surface area contributed by atoms with Crippen LogP contribution >= 0.6 is 0 Å². The van der Waals surface area contributed by atoms with Crippen molar-refractivity contribution in [1.29, 1.82) is 5.41 Å². The predicted molar refractivity (Wildman–Crippen MR) is 149 cm³/mol. The van der Waals surface area contributed by atoms with E-state index < -0.39 is 42.7 Å². The van der Waals surface area contributed by atoms with Crippen molar-refractivity contribution < 1.29 is 61.9 Å². The van der Waals surface area contributed by atoms with E-state index in [9.17, 15) is 37.5 Å². The van der Waals surface area contributed by atoms with Gasteiger partial charge < -0.3 is 35.8 Å². The number of nitrogens with two attached hydrogens (primary N) is 1. The Morgan fingerprint density at radius 1 is 0.867 bits per heavy atom. The Labute approximate surface area is 251 Å². The van der Waals surface area contributed by atoms with Gasteiger partial charge in [-0.1, -0.05) is 24.3 Å². The lowest BCUT2D eigenvalue weighted by Crippen LogP contribution is -2.35. The number of esters is 1. The molecule has 0 atom stereocenters. The number of rotatable bonds is 10. The van der Waals surface area contributed by atoms with Gasteiger partial charge in [0.1, 0.15) is 18.9 Å². The Hall–Kier alpha value is -6.13. The van der Waals surface area contributed by atoms with Crippen molar-refractivity contribution in [3.63, 3.8) is 0 Å². The molecule has 0 aliphatic carbocycles. The van der Waals surface area contributed by atoms with Crippen molar-refractivity contribution in [3.8, 4) is 5.75 Å². The number of carboxylic acid groups (broad SMARTS) is 3. The molecule has 238 valence electrons. The second-order valence-corrected chi connectivity index (χ2v) is 8.76. The predicted octanol–water partition coefficient (Wildman–Crippen LogP) is 3.77. The first-order chi connectivity index (χ1) is 21.0. The van der Waals surface area contributed by atoms with Crippen LogP contribution in [0.15, 0.2) is 72.8 Å². The van der Waals surface area contributed by atoms with E-state index in [0.29, 0.717) is 16.8 Å². The largest absolute Gasteiger partial charge is 0.490 e. The zero-order valence-corrected chi connectivity index (χ0v) is 22.9. The summed E-state index contributed by atoms with van der Waals surface area (Å²) in [5, 5.41) is 35.2. The van der Waals surface area contributed by atoms with Gasteiger partial charge in [-0.15, -0.1) is 0 Å². The van der Waals surface area contributed by atoms with Crippen LogP contribution < -0.4 is 15.8 Å². The minimum absolute atomic E-state index is 0.00828. The molecule has 3 rings (SSSR count). The van der Waals surface area contributed by atoms with Crippen LogP contribution in [0.1, 0.15) is 31.8 Å². The summed E-state index contributed by atoms with van der Waals surface area (Å²) in [6.45, 7) is -0.979. The van der Waals surface area contributed by atoms with Gasteiger partial charge in [-0.2, -0.15) is 13.2 Å². The molecular formula is C28H25F3N4O10. The van der Waals surface area contributed by atoms with Crippen LogP contribution in [-0.2, 0) is 27.5 Å². The van der Waals surface area contributed by atoms with E-state index in [-0.39, 0.29) is 36.0 Å². The third-order valence-electron chi connectivity index (χ3n) is 5.27. The molecule has 0 heterocycles. The van der Waals surface area contributed by atoms with Crippen molar-refractivity contribution in [2.24, 2.45) is 5.73 Å². The van der Waals surface area contributed by atoms with E-state index in [1.54, 1.807) is 30.3 Å². The molecule has 0 aliphatic rings. The van der Waals surface area contributed by atoms with Crippen LogP contribution in [0.4, 0.5) is 23.7 Å². The van der Waals surface area contributed by atoms with Gasteiger partial charge in [0.25, 0.3) is 0 Å². The lowest BCUT2D eigenvalue weighted by atomic mass is 10.1. The van der Waals surface area contributed by atoms with Gasteiger partial charge in [-0.25, -0.2) is 19.2 Å². The minimum atomic E-state index is -5.08. The van der Waals surface area contributed by atoms with Crippen LogP contribution in [0.25, 0.3) is 0 Å². The Morgan fingerprint density at radius 2 is 1.47 bits per heavy atom. The quantitative estimate of drug-likeness (QED) is 0.0810. The van der Waals surface area contributed by atoms with Gasteiger partial charge in [0.05, 0.1) is 11.1 Å². The Bertz CT molecular complexity index is 1550. The summed E-state index contributed by atoms with van der Waals surface area (Å²) in [5.74, 6) is -5.74. The van der Waals surface area contributed by atoms with Crippen molar-refractivity contribution in [3.05, 3.63) is 95.1 Å². The maximum absolute atomic E-state index is 12.6. The number of nitrogens with zero attached hydrogens (tertiary/aromatic N) is 1. The number of guanidine groups is 1. The van der Waals surface area contributed by atoms with Gasteiger partial charge in [0, 0.05) is 12.2 Å². The average Bonchev–Trinajstić information content (AvgIpc) is 2.96. The third-order valence-corrected chi connectivity index (χ3v) is 5.27. The molecule has 45 heavy (non-hydrogen) atoms. The van der Waals surface area contributed by atoms with Crippen molar-refractivity contribution in [1.82, 2.24) is 4.90 Å². The molecule has 0 aromatic heterocycles. The van der Waals surface area contributed by atoms with Crippen molar-refractivity contribution >= 4 is 41.6 Å². The molecule has 0 saturated carbocycles. The second-order valence-electron chi connectivity index (χ2n) is 8.76. The van der Waals surface area contributed by atoms with Gasteiger partial charge >= 0.3 is 36.1 Å². The highest BCUT2D eigenvalue weighted by molar-refractivity contribution is 5.93. The maximum Gasteiger partial charge on any atom is 0.490 e. The molecule has 17 heteroatoms. The fourth-order valence-electron chi connectivity index (χ4n) is 3.27. The number of carbonyl (C=O) groups is 5. The van der Waals surface area contributed by atoms with Crippen molar-refractivity contribution in [2.45, 2.75) is 19.3 Å². The standard InChI is InChI=1S/C26H24N4O8.C2HF3O2/c27-25(28)29-20-8-6-18(7-9-20)24(35)38-21-10-4-16(5-11-21)15-37-26(36)30(14-22(31)32)13-17-2-1-3-19(12-17)23(33)34;3-2(4,5)1(6)7/h1-12H,13-15H2,(H,31,32)(H,33,34)(H4,27,28,29);(H,6,7). The number of aliphatic carboxylic acids is 2. The normalized spacial score (nSPS) is 10.4. The second kappa shape index (κ2) is 15.9. The number of nitrogens with one attached hydrogen (secondary N) is 2. The van der Waals surface area contributed by atoms with Crippen molar-refractivity contribution in [2.75, 3.05) is 11.9 Å². The highest BCUT2D eigenvalue weighted by Gasteiger charge is 2.38. The average molecular weight is 635 g/mol. The number of halogens is 3. The molecule has 0 bridgehead atoms. The van der Waals surface area contributed by atoms with E-state index in [4.69, 9.17) is 35.6 Å². The van der Waals surface area contributed by atoms with Gasteiger partial charge in [-0.05, 0) is 59.7 Å². The van der Waals surface area contributed by atoms with Crippen LogP contribution in [0.3, 0.4) is 0 Å². The molecule has 3 aromatic carbocycles. The molecule has 14 nitrogen and oxygen atoms in total. The van der Waals surface area contributed by atoms with Crippen LogP contribution in [0, 0.1) is 5.41 Å². The number of anilines is 1. The fourth-order valence-corrected chi connectivity index (χ4v) is 3.27. The molecule has 7 N–H and O–H groups in total. The molecule has 3 aromatic rings. The van der Waals surface area contributed by atoms with Crippen LogP contribution in [0.5, 0.6) is 5.75 Å². The first-order valence-corrected chi connectivity index (χ1v) is 12.3. The summed E-state index contributed by atoms with van der Waals surface area (Å²) in [6, 6.07) is 18.2. The summed E-state index contributed by atoms with van der Waals surface area (Å²) in [5.41, 5.74) is 7.08. The summed E-state index contributed by atoms with van der Waals surface area (Å²) in [6.07, 6.45) is -5.98. The zero-order valence-electron chi connectivity index (χ0n) is 22.9. The monoisotopic (exact) mass is 634 g/mol. The summed E-state index contributed by atoms with van der Waals surface area (Å²) >= 11 is 0. The Kier molecular flexibility index (Phi) is 12.4. The number of benzene rings is 3. The van der Waals surface area contributed by atoms with Gasteiger partial charge in [0.15, 0.2) is 5.96 Å². The maximum atomic E-state index is 12.6. The number of alkyl halides is 3. The highest BCUT2D eigenvalue weighted by Crippen LogP contribution is 2.17. The number of carbonyl (C=O) groups excluding carboxylic acids is 2. The molecule has 0 unspecified atom stereocenters. The Morgan fingerprint density at radius 3 is 1.98 bits per heavy atom. The summed E-state index contributed by atoms with van der Waals surface area (Å²) in [4.78, 5) is 57.2. The lowest BCUT2D eigenvalue weighted by molar-refractivity contribution is -0.192. The number of aromatic carboxylic acids is 1. The number of carboxylic acids is 3.